The first-order valence-corrected chi connectivity index (χ1v) is 8.08. The van der Waals surface area contributed by atoms with Crippen molar-refractivity contribution in [3.63, 3.8) is 0 Å². The summed E-state index contributed by atoms with van der Waals surface area (Å²) < 4.78 is 55.5. The predicted molar refractivity (Wildman–Crippen MR) is 89.7 cm³/mol. The highest BCUT2D eigenvalue weighted by atomic mass is 19.4. The smallest absolute Gasteiger partial charge is 0.372 e. The Balaban J connectivity index is 2.44. The van der Waals surface area contributed by atoms with E-state index in [2.05, 4.69) is 4.85 Å². The monoisotopic (exact) mass is 378 g/mol. The van der Waals surface area contributed by atoms with Gasteiger partial charge >= 0.3 is 6.18 Å². The van der Waals surface area contributed by atoms with Crippen LogP contribution in [-0.2, 0) is 16.6 Å². The van der Waals surface area contributed by atoms with Crippen LogP contribution < -0.4 is 4.90 Å². The number of hydrogen-bond donors (Lipinski definition) is 1. The Labute approximate surface area is 152 Å². The molecule has 0 radical (unpaired) electrons. The number of benzene rings is 2. The molecule has 0 aliphatic carbocycles. The normalized spacial score (nSPS) is 19.1. The number of amides is 1. The Morgan fingerprint density at radius 2 is 1.93 bits per heavy atom. The summed E-state index contributed by atoms with van der Waals surface area (Å²) in [5.74, 6) is -2.07. The second-order valence-corrected chi connectivity index (χ2v) is 6.14. The molecule has 1 aliphatic rings. The molecule has 0 spiro atoms. The number of hydrogen-bond acceptors (Lipinski definition) is 2. The van der Waals surface area contributed by atoms with Gasteiger partial charge in [0.2, 0.25) is 0 Å². The molecule has 1 N–H and O–H groups in total. The highest BCUT2D eigenvalue weighted by molar-refractivity contribution is 6.10. The highest BCUT2D eigenvalue weighted by Gasteiger charge is 2.56. The van der Waals surface area contributed by atoms with Crippen LogP contribution in [0.5, 0.6) is 0 Å². The zero-order valence-corrected chi connectivity index (χ0v) is 14.1. The molecule has 2 aromatic rings. The maximum absolute atomic E-state index is 14.4. The lowest BCUT2D eigenvalue weighted by atomic mass is 9.84. The lowest BCUT2D eigenvalue weighted by Crippen LogP contribution is -2.42. The van der Waals surface area contributed by atoms with Crippen molar-refractivity contribution in [2.24, 2.45) is 0 Å². The second-order valence-electron chi connectivity index (χ2n) is 6.14. The van der Waals surface area contributed by atoms with Gasteiger partial charge in [-0.15, -0.1) is 0 Å². The highest BCUT2D eigenvalue weighted by Crippen LogP contribution is 2.52. The average molecular weight is 378 g/mol. The van der Waals surface area contributed by atoms with E-state index in [1.807, 2.05) is 0 Å². The summed E-state index contributed by atoms with van der Waals surface area (Å²) in [5, 5.41) is 11.2. The van der Waals surface area contributed by atoms with Gasteiger partial charge in [0.25, 0.3) is 5.91 Å². The minimum atomic E-state index is -4.95. The van der Waals surface area contributed by atoms with E-state index in [0.717, 1.165) is 23.1 Å². The van der Waals surface area contributed by atoms with Gasteiger partial charge in [-0.1, -0.05) is 25.1 Å². The fourth-order valence-electron chi connectivity index (χ4n) is 3.35. The maximum atomic E-state index is 14.4. The molecule has 3 rings (SSSR count). The molecule has 2 aromatic carbocycles. The number of nitrogens with zero attached hydrogens (tertiary/aromatic N) is 2. The van der Waals surface area contributed by atoms with E-state index in [-0.39, 0.29) is 17.9 Å². The van der Waals surface area contributed by atoms with Gasteiger partial charge in [0.15, 0.2) is 11.3 Å². The lowest BCUT2D eigenvalue weighted by Gasteiger charge is -2.25. The van der Waals surface area contributed by atoms with Gasteiger partial charge in [-0.25, -0.2) is 9.24 Å². The third-order valence-corrected chi connectivity index (χ3v) is 4.45. The van der Waals surface area contributed by atoms with Crippen molar-refractivity contribution in [3.8, 4) is 0 Å². The molecule has 1 unspecified atom stereocenters. The van der Waals surface area contributed by atoms with Crippen molar-refractivity contribution in [3.05, 3.63) is 70.3 Å². The fraction of sp³-hybridized carbons (Fsp3) is 0.263. The first kappa shape index (κ1) is 18.9. The second kappa shape index (κ2) is 6.35. The molecule has 8 heteroatoms. The molecule has 1 aliphatic heterocycles. The number of alkyl halides is 3. The molecule has 0 bridgehead atoms. The van der Waals surface area contributed by atoms with Crippen molar-refractivity contribution in [1.29, 1.82) is 0 Å². The minimum absolute atomic E-state index is 0.0152. The molecule has 4 nitrogen and oxygen atoms in total. The molecular formula is C19H14F4N2O2. The maximum Gasteiger partial charge on any atom is 0.415 e. The van der Waals surface area contributed by atoms with Gasteiger partial charge in [0, 0.05) is 23.4 Å². The molecule has 1 heterocycles. The number of rotatable bonds is 3. The number of carbonyl (C=O) groups excluding carboxylic acids is 1. The Kier molecular flexibility index (Phi) is 4.44. The van der Waals surface area contributed by atoms with Gasteiger partial charge in [-0.2, -0.15) is 13.2 Å². The van der Waals surface area contributed by atoms with Gasteiger partial charge < -0.3 is 10.0 Å². The first-order valence-electron chi connectivity index (χ1n) is 8.08. The summed E-state index contributed by atoms with van der Waals surface area (Å²) in [6.45, 7) is 8.77. The predicted octanol–water partition coefficient (Wildman–Crippen LogP) is 4.39. The van der Waals surface area contributed by atoms with Gasteiger partial charge in [-0.3, -0.25) is 4.79 Å². The molecule has 1 amide bonds. The van der Waals surface area contributed by atoms with E-state index in [0.29, 0.717) is 12.5 Å². The standard InChI is InChI=1S/C19H14F4N2O2/c1-3-8-25-15-10-11(24-2)9-13(19(21,22)23)16(15)18(27,17(25)26)12-6-4-5-7-14(12)20/h4-7,9-10,27H,3,8H2,1H3. The Morgan fingerprint density at radius 3 is 2.48 bits per heavy atom. The molecule has 0 saturated carbocycles. The van der Waals surface area contributed by atoms with Crippen molar-refractivity contribution in [1.82, 2.24) is 0 Å². The van der Waals surface area contributed by atoms with E-state index >= 15 is 0 Å². The average Bonchev–Trinajstić information content (AvgIpc) is 2.83. The van der Waals surface area contributed by atoms with Crippen LogP contribution in [0.3, 0.4) is 0 Å². The van der Waals surface area contributed by atoms with E-state index in [4.69, 9.17) is 6.57 Å². The fourth-order valence-corrected chi connectivity index (χ4v) is 3.35. The van der Waals surface area contributed by atoms with Crippen molar-refractivity contribution < 1.29 is 27.5 Å². The van der Waals surface area contributed by atoms with Crippen LogP contribution in [0.2, 0.25) is 0 Å². The van der Waals surface area contributed by atoms with Crippen LogP contribution in [0.25, 0.3) is 4.85 Å². The van der Waals surface area contributed by atoms with E-state index < -0.39 is 40.2 Å². The minimum Gasteiger partial charge on any atom is -0.372 e. The molecule has 27 heavy (non-hydrogen) atoms. The zero-order chi connectivity index (χ0) is 20.0. The van der Waals surface area contributed by atoms with Crippen LogP contribution in [0.15, 0.2) is 36.4 Å². The molecule has 0 aromatic heterocycles. The van der Waals surface area contributed by atoms with Gasteiger partial charge in [-0.05, 0) is 24.6 Å². The number of aliphatic hydroxyl groups is 1. The third kappa shape index (κ3) is 2.75. The molecule has 0 fully saturated rings. The zero-order valence-electron chi connectivity index (χ0n) is 14.1. The van der Waals surface area contributed by atoms with E-state index in [1.165, 1.54) is 12.1 Å². The van der Waals surface area contributed by atoms with Gasteiger partial charge in [0.1, 0.15) is 5.82 Å². The lowest BCUT2D eigenvalue weighted by molar-refractivity contribution is -0.142. The SMILES string of the molecule is [C-]#[N+]c1cc2c(c(C(F)(F)F)c1)C(O)(c1ccccc1F)C(=O)N2CCC. The molecular weight excluding hydrogens is 364 g/mol. The summed E-state index contributed by atoms with van der Waals surface area (Å²) in [7, 11) is 0. The summed E-state index contributed by atoms with van der Waals surface area (Å²) in [4.78, 5) is 17.0. The van der Waals surface area contributed by atoms with E-state index in [9.17, 15) is 27.5 Å². The summed E-state index contributed by atoms with van der Waals surface area (Å²) in [6.07, 6.45) is -4.56. The van der Waals surface area contributed by atoms with Crippen LogP contribution in [0.4, 0.5) is 28.9 Å². The van der Waals surface area contributed by atoms with Crippen LogP contribution in [0.1, 0.15) is 30.0 Å². The Morgan fingerprint density at radius 1 is 1.26 bits per heavy atom. The first-order chi connectivity index (χ1) is 12.7. The van der Waals surface area contributed by atoms with Crippen molar-refractivity contribution >= 4 is 17.3 Å². The summed E-state index contributed by atoms with van der Waals surface area (Å²) in [6, 6.07) is 6.36. The van der Waals surface area contributed by atoms with Crippen LogP contribution in [-0.4, -0.2) is 17.6 Å². The van der Waals surface area contributed by atoms with E-state index in [1.54, 1.807) is 6.92 Å². The third-order valence-electron chi connectivity index (χ3n) is 4.45. The molecule has 1 atom stereocenters. The number of fused-ring (bicyclic) bond motifs is 1. The van der Waals surface area contributed by atoms with Crippen LogP contribution in [0, 0.1) is 12.4 Å². The van der Waals surface area contributed by atoms with Crippen molar-refractivity contribution in [2.45, 2.75) is 25.1 Å². The largest absolute Gasteiger partial charge is 0.415 e. The van der Waals surface area contributed by atoms with Crippen molar-refractivity contribution in [2.75, 3.05) is 11.4 Å². The Bertz CT molecular complexity index is 965. The quantitative estimate of drug-likeness (QED) is 0.636. The summed E-state index contributed by atoms with van der Waals surface area (Å²) in [5.41, 5.74) is -6.02. The van der Waals surface area contributed by atoms with Gasteiger partial charge in [0.05, 0.1) is 12.1 Å². The molecule has 140 valence electrons. The number of halogens is 4. The summed E-state index contributed by atoms with van der Waals surface area (Å²) >= 11 is 0. The topological polar surface area (TPSA) is 44.9 Å². The van der Waals surface area contributed by atoms with Crippen LogP contribution >= 0.6 is 0 Å². The number of anilines is 1. The Hall–Kier alpha value is -2.92. The molecule has 0 saturated heterocycles. The number of carbonyl (C=O) groups is 1.